The third kappa shape index (κ3) is 3.16. The van der Waals surface area contributed by atoms with Crippen LogP contribution in [0.5, 0.6) is 0 Å². The molecule has 0 unspecified atom stereocenters. The van der Waals surface area contributed by atoms with E-state index in [1.165, 1.54) is 5.56 Å². The van der Waals surface area contributed by atoms with Gasteiger partial charge in [-0.05, 0) is 25.0 Å². The number of carbonyl (C=O) groups is 1. The molecule has 0 atom stereocenters. The van der Waals surface area contributed by atoms with Crippen molar-refractivity contribution in [3.63, 3.8) is 0 Å². The Kier molecular flexibility index (Phi) is 4.62. The predicted molar refractivity (Wildman–Crippen MR) is 94.5 cm³/mol. The van der Waals surface area contributed by atoms with Crippen molar-refractivity contribution in [1.29, 1.82) is 5.26 Å². The Morgan fingerprint density at radius 2 is 1.83 bits per heavy atom. The molecule has 3 rings (SSSR count). The maximum atomic E-state index is 12.3. The summed E-state index contributed by atoms with van der Waals surface area (Å²) in [5.41, 5.74) is 3.59. The zero-order chi connectivity index (χ0) is 16.9. The lowest BCUT2D eigenvalue weighted by Gasteiger charge is -2.09. The van der Waals surface area contributed by atoms with Crippen LogP contribution < -0.4 is 5.32 Å². The van der Waals surface area contributed by atoms with Gasteiger partial charge in [0.25, 0.3) is 0 Å². The lowest BCUT2D eigenvalue weighted by molar-refractivity contribution is -0.121. The van der Waals surface area contributed by atoms with Gasteiger partial charge in [-0.1, -0.05) is 48.5 Å². The molecular weight excluding hydrogens is 298 g/mol. The number of rotatable bonds is 5. The molecule has 120 valence electrons. The Morgan fingerprint density at radius 3 is 2.58 bits per heavy atom. The molecule has 0 aliphatic heterocycles. The molecule has 0 saturated heterocycles. The van der Waals surface area contributed by atoms with Crippen LogP contribution >= 0.6 is 0 Å². The predicted octanol–water partition coefficient (Wildman–Crippen LogP) is 3.18. The summed E-state index contributed by atoms with van der Waals surface area (Å²) in [7, 11) is 0. The van der Waals surface area contributed by atoms with Crippen LogP contribution in [-0.4, -0.2) is 17.0 Å². The van der Waals surface area contributed by atoms with Crippen molar-refractivity contribution >= 4 is 16.8 Å². The summed E-state index contributed by atoms with van der Waals surface area (Å²) < 4.78 is 1.91. The van der Waals surface area contributed by atoms with Gasteiger partial charge < -0.3 is 9.88 Å². The first-order valence-corrected chi connectivity index (χ1v) is 7.99. The van der Waals surface area contributed by atoms with Crippen molar-refractivity contribution in [2.45, 2.75) is 19.9 Å². The first-order chi connectivity index (χ1) is 11.7. The van der Waals surface area contributed by atoms with E-state index in [-0.39, 0.29) is 12.5 Å². The van der Waals surface area contributed by atoms with E-state index in [1.807, 2.05) is 54.0 Å². The van der Waals surface area contributed by atoms with E-state index >= 15 is 0 Å². The van der Waals surface area contributed by atoms with Crippen LogP contribution in [0.1, 0.15) is 16.8 Å². The van der Waals surface area contributed by atoms with E-state index in [4.69, 9.17) is 0 Å². The van der Waals surface area contributed by atoms with E-state index in [1.54, 1.807) is 0 Å². The summed E-state index contributed by atoms with van der Waals surface area (Å²) >= 11 is 0. The smallest absolute Gasteiger partial charge is 0.239 e. The van der Waals surface area contributed by atoms with Crippen LogP contribution in [0.25, 0.3) is 10.9 Å². The highest BCUT2D eigenvalue weighted by atomic mass is 16.1. The average Bonchev–Trinajstić information content (AvgIpc) is 2.87. The van der Waals surface area contributed by atoms with Gasteiger partial charge in [0.05, 0.1) is 11.1 Å². The Bertz CT molecular complexity index is 904. The topological polar surface area (TPSA) is 57.8 Å². The summed E-state index contributed by atoms with van der Waals surface area (Å²) in [6, 6.07) is 20.0. The zero-order valence-electron chi connectivity index (χ0n) is 13.6. The number of hydrogen-bond acceptors (Lipinski definition) is 2. The molecule has 1 amide bonds. The number of carbonyl (C=O) groups excluding carboxylic acids is 1. The van der Waals surface area contributed by atoms with E-state index in [0.29, 0.717) is 12.1 Å². The number of benzene rings is 2. The molecule has 0 aliphatic carbocycles. The van der Waals surface area contributed by atoms with Crippen molar-refractivity contribution in [1.82, 2.24) is 9.88 Å². The second kappa shape index (κ2) is 7.01. The van der Waals surface area contributed by atoms with E-state index in [0.717, 1.165) is 23.0 Å². The summed E-state index contributed by atoms with van der Waals surface area (Å²) in [6.45, 7) is 2.71. The fraction of sp³-hybridized carbons (Fsp3) is 0.200. The first kappa shape index (κ1) is 15.8. The third-order valence-corrected chi connectivity index (χ3v) is 4.22. The van der Waals surface area contributed by atoms with Crippen molar-refractivity contribution in [2.75, 3.05) is 6.54 Å². The van der Waals surface area contributed by atoms with Crippen LogP contribution in [0.15, 0.2) is 54.6 Å². The molecule has 2 aromatic carbocycles. The first-order valence-electron chi connectivity index (χ1n) is 7.99. The SMILES string of the molecule is Cc1c(C#N)c2ccccc2n1CC(=O)NCCc1ccccc1. The molecule has 0 bridgehead atoms. The normalized spacial score (nSPS) is 10.5. The quantitative estimate of drug-likeness (QED) is 0.786. The third-order valence-electron chi connectivity index (χ3n) is 4.22. The molecule has 4 nitrogen and oxygen atoms in total. The van der Waals surface area contributed by atoms with Crippen molar-refractivity contribution < 1.29 is 4.79 Å². The van der Waals surface area contributed by atoms with Crippen LogP contribution in [0.2, 0.25) is 0 Å². The fourth-order valence-corrected chi connectivity index (χ4v) is 2.97. The number of aromatic nitrogens is 1. The summed E-state index contributed by atoms with van der Waals surface area (Å²) in [5.74, 6) is -0.0423. The molecule has 1 heterocycles. The highest BCUT2D eigenvalue weighted by Gasteiger charge is 2.15. The molecule has 24 heavy (non-hydrogen) atoms. The van der Waals surface area contributed by atoms with E-state index in [2.05, 4.69) is 23.5 Å². The van der Waals surface area contributed by atoms with E-state index < -0.39 is 0 Å². The molecule has 0 spiro atoms. The van der Waals surface area contributed by atoms with Gasteiger partial charge in [0.1, 0.15) is 12.6 Å². The minimum atomic E-state index is -0.0423. The molecule has 4 heteroatoms. The maximum Gasteiger partial charge on any atom is 0.239 e. The Hall–Kier alpha value is -3.06. The summed E-state index contributed by atoms with van der Waals surface area (Å²) in [6.07, 6.45) is 0.807. The molecule has 3 aromatic rings. The molecule has 0 fully saturated rings. The summed E-state index contributed by atoms with van der Waals surface area (Å²) in [5, 5.41) is 13.2. The molecule has 1 N–H and O–H groups in total. The molecule has 0 radical (unpaired) electrons. The van der Waals surface area contributed by atoms with Gasteiger partial charge in [0.2, 0.25) is 5.91 Å². The summed E-state index contributed by atoms with van der Waals surface area (Å²) in [4.78, 5) is 12.3. The number of nitriles is 1. The number of hydrogen-bond donors (Lipinski definition) is 1. The Balaban J connectivity index is 1.70. The minimum Gasteiger partial charge on any atom is -0.354 e. The van der Waals surface area contributed by atoms with Gasteiger partial charge in [-0.25, -0.2) is 0 Å². The Labute approximate surface area is 141 Å². The highest BCUT2D eigenvalue weighted by Crippen LogP contribution is 2.24. The van der Waals surface area contributed by atoms with Crippen molar-refractivity contribution in [2.24, 2.45) is 0 Å². The number of nitrogens with zero attached hydrogens (tertiary/aromatic N) is 2. The van der Waals surface area contributed by atoms with Gasteiger partial charge in [0, 0.05) is 17.6 Å². The zero-order valence-corrected chi connectivity index (χ0v) is 13.6. The molecule has 0 aliphatic rings. The lowest BCUT2D eigenvalue weighted by Crippen LogP contribution is -2.29. The number of fused-ring (bicyclic) bond motifs is 1. The number of amides is 1. The van der Waals surface area contributed by atoms with Gasteiger partial charge in [-0.15, -0.1) is 0 Å². The monoisotopic (exact) mass is 317 g/mol. The highest BCUT2D eigenvalue weighted by molar-refractivity contribution is 5.89. The fourth-order valence-electron chi connectivity index (χ4n) is 2.97. The largest absolute Gasteiger partial charge is 0.354 e. The minimum absolute atomic E-state index is 0.0423. The van der Waals surface area contributed by atoms with Crippen LogP contribution in [0.3, 0.4) is 0 Å². The van der Waals surface area contributed by atoms with Crippen LogP contribution in [0.4, 0.5) is 0 Å². The van der Waals surface area contributed by atoms with Gasteiger partial charge in [-0.2, -0.15) is 5.26 Å². The lowest BCUT2D eigenvalue weighted by atomic mass is 10.1. The molecule has 0 saturated carbocycles. The van der Waals surface area contributed by atoms with Crippen LogP contribution in [-0.2, 0) is 17.8 Å². The second-order valence-corrected chi connectivity index (χ2v) is 5.76. The van der Waals surface area contributed by atoms with Crippen LogP contribution in [0, 0.1) is 18.3 Å². The molecular formula is C20H19N3O. The Morgan fingerprint density at radius 1 is 1.12 bits per heavy atom. The average molecular weight is 317 g/mol. The molecule has 1 aromatic heterocycles. The van der Waals surface area contributed by atoms with Gasteiger partial charge in [-0.3, -0.25) is 4.79 Å². The van der Waals surface area contributed by atoms with Gasteiger partial charge in [0.15, 0.2) is 0 Å². The number of nitrogens with one attached hydrogen (secondary N) is 1. The van der Waals surface area contributed by atoms with E-state index in [9.17, 15) is 10.1 Å². The number of para-hydroxylation sites is 1. The van der Waals surface area contributed by atoms with Crippen molar-refractivity contribution in [3.05, 3.63) is 71.4 Å². The van der Waals surface area contributed by atoms with Gasteiger partial charge >= 0.3 is 0 Å². The maximum absolute atomic E-state index is 12.3. The van der Waals surface area contributed by atoms with Crippen molar-refractivity contribution in [3.8, 4) is 6.07 Å². The second-order valence-electron chi connectivity index (χ2n) is 5.76. The standard InChI is InChI=1S/C20H19N3O/c1-15-18(13-21)17-9-5-6-10-19(17)23(15)14-20(24)22-12-11-16-7-3-2-4-8-16/h2-10H,11-12,14H2,1H3,(H,22,24).